The third kappa shape index (κ3) is 8.15. The summed E-state index contributed by atoms with van der Waals surface area (Å²) < 4.78 is 0.873. The molecule has 1 saturated heterocycles. The van der Waals surface area contributed by atoms with Crippen molar-refractivity contribution in [2.75, 3.05) is 13.1 Å². The lowest BCUT2D eigenvalue weighted by Crippen LogP contribution is -2.50. The number of hydrogen-bond donors (Lipinski definition) is 5. The van der Waals surface area contributed by atoms with Crippen LogP contribution in [0, 0.1) is 10.1 Å². The molecule has 1 aromatic carbocycles. The number of amides is 2. The number of nitrogens with one attached hydrogen (secondary N) is 1. The van der Waals surface area contributed by atoms with E-state index in [1.165, 1.54) is 23.2 Å². The smallest absolute Gasteiger partial charge is 0.291 e. The van der Waals surface area contributed by atoms with Crippen LogP contribution in [-0.4, -0.2) is 80.1 Å². The van der Waals surface area contributed by atoms with Gasteiger partial charge in [-0.3, -0.25) is 19.4 Å². The fourth-order valence-electron chi connectivity index (χ4n) is 3.58. The quantitative estimate of drug-likeness (QED) is 0.0775. The van der Waals surface area contributed by atoms with Crippen LogP contribution in [-0.2, 0) is 9.59 Å². The molecular formula is C20H27N7O7S. The Labute approximate surface area is 203 Å². The van der Waals surface area contributed by atoms with Crippen molar-refractivity contribution in [2.24, 2.45) is 16.5 Å². The number of para-hydroxylation sites is 1. The molecule has 0 aliphatic carbocycles. The van der Waals surface area contributed by atoms with Crippen LogP contribution in [0.25, 0.3) is 10.2 Å². The van der Waals surface area contributed by atoms with E-state index in [1.807, 2.05) is 24.3 Å². The van der Waals surface area contributed by atoms with E-state index in [4.69, 9.17) is 26.8 Å². The number of guanidine groups is 1. The number of hydrogen-bond acceptors (Lipinski definition) is 9. The van der Waals surface area contributed by atoms with E-state index in [-0.39, 0.29) is 30.6 Å². The number of likely N-dealkylation sites (tertiary alicyclic amines) is 1. The van der Waals surface area contributed by atoms with Crippen molar-refractivity contribution in [3.8, 4) is 0 Å². The minimum absolute atomic E-state index is 0.0462. The first-order valence-corrected chi connectivity index (χ1v) is 11.3. The van der Waals surface area contributed by atoms with Crippen LogP contribution in [0.5, 0.6) is 0 Å². The van der Waals surface area contributed by atoms with Crippen molar-refractivity contribution >= 4 is 45.1 Å². The molecule has 1 aliphatic heterocycles. The van der Waals surface area contributed by atoms with Gasteiger partial charge in [0.15, 0.2) is 11.0 Å². The van der Waals surface area contributed by atoms with Crippen LogP contribution in [0.4, 0.5) is 0 Å². The highest BCUT2D eigenvalue weighted by Crippen LogP contribution is 2.24. The van der Waals surface area contributed by atoms with Crippen LogP contribution < -0.4 is 16.8 Å². The van der Waals surface area contributed by atoms with Crippen LogP contribution in [0.1, 0.15) is 36.0 Å². The lowest BCUT2D eigenvalue weighted by Gasteiger charge is -2.24. The van der Waals surface area contributed by atoms with E-state index in [0.29, 0.717) is 29.9 Å². The molecule has 3 rings (SSSR count). The van der Waals surface area contributed by atoms with Gasteiger partial charge in [-0.2, -0.15) is 0 Å². The number of ketones is 1. The third-order valence-electron chi connectivity index (χ3n) is 5.07. The zero-order chi connectivity index (χ0) is 26.1. The van der Waals surface area contributed by atoms with E-state index >= 15 is 0 Å². The van der Waals surface area contributed by atoms with Crippen molar-refractivity contribution in [1.82, 2.24) is 15.2 Å². The van der Waals surface area contributed by atoms with Gasteiger partial charge >= 0.3 is 0 Å². The first kappa shape index (κ1) is 27.4. The van der Waals surface area contributed by atoms with Crippen molar-refractivity contribution in [1.29, 1.82) is 0 Å². The molecule has 1 aromatic heterocycles. The van der Waals surface area contributed by atoms with Gasteiger partial charge in [0.05, 0.1) is 22.4 Å². The largest absolute Gasteiger partial charge is 0.391 e. The summed E-state index contributed by atoms with van der Waals surface area (Å²) in [7, 11) is 0. The van der Waals surface area contributed by atoms with E-state index in [1.54, 1.807) is 0 Å². The molecule has 190 valence electrons. The molecule has 2 aromatic rings. The lowest BCUT2D eigenvalue weighted by atomic mass is 10.1. The normalized spacial score (nSPS) is 17.7. The predicted octanol–water partition coefficient (Wildman–Crippen LogP) is -0.349. The Morgan fingerprint density at radius 3 is 2.63 bits per heavy atom. The second kappa shape index (κ2) is 12.6. The van der Waals surface area contributed by atoms with Gasteiger partial charge in [-0.15, -0.1) is 21.5 Å². The third-order valence-corrected chi connectivity index (χ3v) is 6.12. The number of aromatic nitrogens is 1. The molecule has 0 spiro atoms. The molecule has 0 saturated carbocycles. The minimum Gasteiger partial charge on any atom is -0.391 e. The van der Waals surface area contributed by atoms with Crippen LogP contribution in [0.15, 0.2) is 29.3 Å². The maximum absolute atomic E-state index is 13.2. The number of carbonyl (C=O) groups is 3. The second-order valence-corrected chi connectivity index (χ2v) is 8.71. The zero-order valence-electron chi connectivity index (χ0n) is 18.9. The van der Waals surface area contributed by atoms with Crippen molar-refractivity contribution in [3.05, 3.63) is 39.4 Å². The molecular weight excluding hydrogens is 482 g/mol. The monoisotopic (exact) mass is 509 g/mol. The molecule has 0 radical (unpaired) electrons. The van der Waals surface area contributed by atoms with Gasteiger partial charge in [0.2, 0.25) is 17.6 Å². The zero-order valence-corrected chi connectivity index (χ0v) is 19.7. The molecule has 2 heterocycles. The van der Waals surface area contributed by atoms with Gasteiger partial charge in [0.25, 0.3) is 5.09 Å². The first-order chi connectivity index (χ1) is 16.5. The maximum atomic E-state index is 13.2. The number of β-amino-alcohol motifs (C(OH)–C–C–N with tert-alkyl or cyclic N) is 1. The Balaban J connectivity index is 0.00000100. The SMILES string of the molecule is CC(=O)N1C[C@H](O)CC1C(=O)NC(CCCN=C(N)N)C(=O)c1nc2ccccc2s1.O=[N+]([O-])O. The molecule has 1 fully saturated rings. The topological polar surface area (TPSA) is 227 Å². The molecule has 2 unspecified atom stereocenters. The number of rotatable bonds is 8. The van der Waals surface area contributed by atoms with Crippen LogP contribution >= 0.6 is 11.3 Å². The number of aliphatic imine (C=N–C) groups is 1. The number of aliphatic hydroxyl groups is 1. The molecule has 35 heavy (non-hydrogen) atoms. The first-order valence-electron chi connectivity index (χ1n) is 10.5. The van der Waals surface area contributed by atoms with E-state index in [2.05, 4.69) is 15.3 Å². The fourth-order valence-corrected chi connectivity index (χ4v) is 4.54. The number of fused-ring (bicyclic) bond motifs is 1. The van der Waals surface area contributed by atoms with Crippen LogP contribution in [0.3, 0.4) is 0 Å². The number of carbonyl (C=O) groups excluding carboxylic acids is 3. The van der Waals surface area contributed by atoms with Gasteiger partial charge in [0.1, 0.15) is 6.04 Å². The summed E-state index contributed by atoms with van der Waals surface area (Å²) in [6.45, 7) is 1.75. The van der Waals surface area contributed by atoms with Crippen molar-refractivity contribution in [3.63, 3.8) is 0 Å². The van der Waals surface area contributed by atoms with E-state index in [9.17, 15) is 19.5 Å². The van der Waals surface area contributed by atoms with Gasteiger partial charge in [0, 0.05) is 26.4 Å². The number of nitrogens with two attached hydrogens (primary N) is 2. The number of nitrogens with zero attached hydrogens (tertiary/aromatic N) is 4. The summed E-state index contributed by atoms with van der Waals surface area (Å²) >= 11 is 1.26. The summed E-state index contributed by atoms with van der Waals surface area (Å²) in [6.07, 6.45) is 0.108. The fraction of sp³-hybridized carbons (Fsp3) is 0.450. The molecule has 1 aliphatic rings. The summed E-state index contributed by atoms with van der Waals surface area (Å²) in [5, 5.41) is 26.6. The molecule has 3 atom stereocenters. The highest BCUT2D eigenvalue weighted by molar-refractivity contribution is 7.20. The highest BCUT2D eigenvalue weighted by Gasteiger charge is 2.39. The van der Waals surface area contributed by atoms with Gasteiger partial charge in [-0.25, -0.2) is 4.98 Å². The maximum Gasteiger partial charge on any atom is 0.291 e. The summed E-state index contributed by atoms with van der Waals surface area (Å²) in [6, 6.07) is 5.72. The van der Waals surface area contributed by atoms with Gasteiger partial charge < -0.3 is 32.0 Å². The van der Waals surface area contributed by atoms with Crippen molar-refractivity contribution < 1.29 is 29.8 Å². The molecule has 15 heteroatoms. The van der Waals surface area contributed by atoms with E-state index < -0.39 is 29.2 Å². The Bertz CT molecular complexity index is 1070. The summed E-state index contributed by atoms with van der Waals surface area (Å²) in [4.78, 5) is 55.9. The highest BCUT2D eigenvalue weighted by atomic mass is 32.1. The van der Waals surface area contributed by atoms with Crippen molar-refractivity contribution in [2.45, 2.75) is 44.4 Å². The lowest BCUT2D eigenvalue weighted by molar-refractivity contribution is -0.742. The number of benzene rings is 1. The number of aliphatic hydroxyl groups excluding tert-OH is 1. The molecule has 14 nitrogen and oxygen atoms in total. The van der Waals surface area contributed by atoms with Gasteiger partial charge in [-0.1, -0.05) is 12.1 Å². The Kier molecular flexibility index (Phi) is 9.84. The Morgan fingerprint density at radius 1 is 1.37 bits per heavy atom. The average molecular weight is 510 g/mol. The Hall–Kier alpha value is -3.85. The second-order valence-electron chi connectivity index (χ2n) is 7.68. The molecule has 7 N–H and O–H groups in total. The number of Topliss-reactive ketones (excluding diaryl/α,β-unsaturated/α-hetero) is 1. The molecule has 2 amide bonds. The molecule has 0 bridgehead atoms. The van der Waals surface area contributed by atoms with Crippen LogP contribution in [0.2, 0.25) is 0 Å². The average Bonchev–Trinajstić information content (AvgIpc) is 3.38. The number of thiazole rings is 1. The Morgan fingerprint density at radius 2 is 2.03 bits per heavy atom. The standard InChI is InChI=1S/C20H26N6O4S.HNO3/c1-11(27)26-10-12(28)9-15(26)18(30)24-14(6-4-8-23-20(21)22)17(29)19-25-13-5-2-3-7-16(13)31-19;2-1(3)4/h2-3,5,7,12,14-15,28H,4,6,8-10H2,1H3,(H,24,30)(H4,21,22,23);(H,2,3,4)/t12-,14?,15?;/m1./s1. The minimum atomic E-state index is -1.50. The predicted molar refractivity (Wildman–Crippen MR) is 126 cm³/mol. The van der Waals surface area contributed by atoms with Gasteiger partial charge in [-0.05, 0) is 25.0 Å². The summed E-state index contributed by atoms with van der Waals surface area (Å²) in [5.74, 6) is -1.14. The van der Waals surface area contributed by atoms with E-state index in [0.717, 1.165) is 4.70 Å². The summed E-state index contributed by atoms with van der Waals surface area (Å²) in [5.41, 5.74) is 11.4.